The van der Waals surface area contributed by atoms with E-state index in [9.17, 15) is 9.59 Å². The highest BCUT2D eigenvalue weighted by Crippen LogP contribution is 2.66. The summed E-state index contributed by atoms with van der Waals surface area (Å²) < 4.78 is 0. The van der Waals surface area contributed by atoms with E-state index < -0.39 is 5.97 Å². The van der Waals surface area contributed by atoms with Gasteiger partial charge in [-0.25, -0.2) is 4.79 Å². The van der Waals surface area contributed by atoms with Crippen molar-refractivity contribution in [2.45, 2.75) is 65.7 Å². The number of rotatable bonds is 5. The van der Waals surface area contributed by atoms with Gasteiger partial charge in [0.05, 0.1) is 5.70 Å². The van der Waals surface area contributed by atoms with Gasteiger partial charge in [-0.1, -0.05) is 25.5 Å². The third kappa shape index (κ3) is 3.02. The molecule has 0 aromatic heterocycles. The normalized spacial score (nSPS) is 41.8. The molecule has 154 valence electrons. The van der Waals surface area contributed by atoms with Crippen molar-refractivity contribution in [3.63, 3.8) is 0 Å². The largest absolute Gasteiger partial charge is 0.479 e. The van der Waals surface area contributed by atoms with Gasteiger partial charge in [0.15, 0.2) is 6.61 Å². The number of carbonyl (C=O) groups excluding carboxylic acids is 1. The molecule has 0 spiro atoms. The maximum absolute atomic E-state index is 12.2. The van der Waals surface area contributed by atoms with Crippen molar-refractivity contribution in [2.75, 3.05) is 6.61 Å². The van der Waals surface area contributed by atoms with E-state index in [1.807, 2.05) is 0 Å². The topological polar surface area (TPSA) is 75.6 Å². The number of allylic oxidation sites excluding steroid dienone is 3. The van der Waals surface area contributed by atoms with Crippen LogP contribution in [0.5, 0.6) is 0 Å². The first-order chi connectivity index (χ1) is 13.3. The van der Waals surface area contributed by atoms with Crippen molar-refractivity contribution in [1.82, 2.24) is 5.48 Å². The van der Waals surface area contributed by atoms with Crippen molar-refractivity contribution < 1.29 is 19.5 Å². The first kappa shape index (κ1) is 19.7. The summed E-state index contributed by atoms with van der Waals surface area (Å²) in [5, 5.41) is 8.73. The number of aliphatic carboxylic acids is 1. The predicted octanol–water partition coefficient (Wildman–Crippen LogP) is 4.25. The molecule has 3 fully saturated rings. The summed E-state index contributed by atoms with van der Waals surface area (Å²) in [6.07, 6.45) is 12.3. The van der Waals surface area contributed by atoms with Gasteiger partial charge in [0.2, 0.25) is 0 Å². The lowest BCUT2D eigenvalue weighted by Crippen LogP contribution is -2.50. The van der Waals surface area contributed by atoms with Gasteiger partial charge in [0, 0.05) is 5.92 Å². The molecule has 28 heavy (non-hydrogen) atoms. The molecule has 6 atom stereocenters. The molecular weight excluding hydrogens is 354 g/mol. The van der Waals surface area contributed by atoms with Crippen molar-refractivity contribution >= 4 is 11.8 Å². The van der Waals surface area contributed by atoms with Gasteiger partial charge in [-0.3, -0.25) is 15.1 Å². The summed E-state index contributed by atoms with van der Waals surface area (Å²) in [5.41, 5.74) is 5.54. The number of nitrogens with one attached hydrogen (secondary N) is 1. The number of hydrogen-bond acceptors (Lipinski definition) is 4. The summed E-state index contributed by atoms with van der Waals surface area (Å²) in [6.45, 7) is 6.25. The van der Waals surface area contributed by atoms with E-state index in [2.05, 4.69) is 31.5 Å². The molecular formula is C23H33NO4. The van der Waals surface area contributed by atoms with E-state index in [1.165, 1.54) is 31.3 Å². The second-order valence-corrected chi connectivity index (χ2v) is 9.94. The molecule has 0 amide bonds. The Kier molecular flexibility index (Phi) is 4.93. The van der Waals surface area contributed by atoms with Crippen LogP contribution in [-0.4, -0.2) is 23.5 Å². The van der Waals surface area contributed by atoms with Crippen LogP contribution in [0.4, 0.5) is 0 Å². The Labute approximate surface area is 167 Å². The number of carboxylic acid groups (broad SMARTS) is 1. The van der Waals surface area contributed by atoms with E-state index in [1.54, 1.807) is 6.92 Å². The second kappa shape index (κ2) is 7.01. The average molecular weight is 388 g/mol. The lowest BCUT2D eigenvalue weighted by molar-refractivity contribution is -0.144. The number of fused-ring (bicyclic) bond motifs is 5. The summed E-state index contributed by atoms with van der Waals surface area (Å²) in [4.78, 5) is 28.0. The molecule has 2 N–H and O–H groups in total. The molecule has 0 heterocycles. The van der Waals surface area contributed by atoms with Gasteiger partial charge in [0.1, 0.15) is 5.78 Å². The second-order valence-electron chi connectivity index (χ2n) is 9.94. The highest BCUT2D eigenvalue weighted by Gasteiger charge is 2.59. The zero-order valence-corrected chi connectivity index (χ0v) is 17.3. The number of Topliss-reactive ketones (excluding diaryl/α,β-unsaturated/α-hetero) is 1. The maximum Gasteiger partial charge on any atom is 0.332 e. The van der Waals surface area contributed by atoms with Crippen molar-refractivity contribution in [3.8, 4) is 0 Å². The number of carboxylic acids is 1. The molecule has 0 aliphatic heterocycles. The van der Waals surface area contributed by atoms with Gasteiger partial charge in [-0.2, -0.15) is 0 Å². The van der Waals surface area contributed by atoms with Crippen LogP contribution in [0.1, 0.15) is 65.7 Å². The van der Waals surface area contributed by atoms with Crippen molar-refractivity contribution in [1.29, 1.82) is 0 Å². The lowest BCUT2D eigenvalue weighted by Gasteiger charge is -2.57. The number of carbonyl (C=O) groups is 2. The van der Waals surface area contributed by atoms with Crippen LogP contribution in [0, 0.1) is 34.5 Å². The maximum atomic E-state index is 12.2. The van der Waals surface area contributed by atoms with Crippen molar-refractivity contribution in [3.05, 3.63) is 23.4 Å². The fourth-order valence-electron chi connectivity index (χ4n) is 7.34. The molecule has 0 aromatic rings. The molecule has 0 aromatic carbocycles. The first-order valence-electron chi connectivity index (χ1n) is 10.8. The molecule has 0 saturated heterocycles. The summed E-state index contributed by atoms with van der Waals surface area (Å²) in [6, 6.07) is 0. The summed E-state index contributed by atoms with van der Waals surface area (Å²) in [5.74, 6) is 1.75. The minimum Gasteiger partial charge on any atom is -0.479 e. The fourth-order valence-corrected chi connectivity index (χ4v) is 7.34. The molecule has 0 bridgehead atoms. The SMILES string of the molecule is CC(=O)[C@H]1CC[C@H]2[C@@H]3CCC4=CC(NOCC(=O)O)=CC[C@]4(C)[C@H]3CC[C@]12C. The molecule has 4 rings (SSSR count). The minimum absolute atomic E-state index is 0.177. The Bertz CT molecular complexity index is 741. The Morgan fingerprint density at radius 3 is 2.71 bits per heavy atom. The van der Waals surface area contributed by atoms with E-state index in [0.29, 0.717) is 17.6 Å². The van der Waals surface area contributed by atoms with Crippen LogP contribution < -0.4 is 5.48 Å². The smallest absolute Gasteiger partial charge is 0.332 e. The quantitative estimate of drug-likeness (QED) is 0.690. The highest BCUT2D eigenvalue weighted by atomic mass is 16.7. The van der Waals surface area contributed by atoms with Gasteiger partial charge in [-0.05, 0) is 86.5 Å². The van der Waals surface area contributed by atoms with Gasteiger partial charge in [0.25, 0.3) is 0 Å². The van der Waals surface area contributed by atoms with E-state index in [4.69, 9.17) is 9.94 Å². The van der Waals surface area contributed by atoms with E-state index >= 15 is 0 Å². The zero-order chi connectivity index (χ0) is 20.1. The standard InChI is InChI=1S/C23H33NO4/c1-14(25)18-6-7-19-17-5-4-15-12-16(24-28-13-21(26)27)8-10-22(15,2)20(17)9-11-23(18,19)3/h8,12,17-20,24H,4-7,9-11,13H2,1-3H3,(H,26,27)/t17-,18+,19-,20-,22-,23+/m0/s1. The zero-order valence-electron chi connectivity index (χ0n) is 17.3. The molecule has 5 heteroatoms. The molecule has 0 radical (unpaired) electrons. The van der Waals surface area contributed by atoms with E-state index in [0.717, 1.165) is 30.9 Å². The molecule has 0 unspecified atom stereocenters. The Morgan fingerprint density at radius 2 is 2.00 bits per heavy atom. The molecule has 4 aliphatic rings. The third-order valence-electron chi connectivity index (χ3n) is 8.69. The number of hydroxylamine groups is 1. The fraction of sp³-hybridized carbons (Fsp3) is 0.739. The first-order valence-corrected chi connectivity index (χ1v) is 10.8. The summed E-state index contributed by atoms with van der Waals surface area (Å²) in [7, 11) is 0. The van der Waals surface area contributed by atoms with Crippen LogP contribution in [0.15, 0.2) is 23.4 Å². The van der Waals surface area contributed by atoms with Crippen LogP contribution >= 0.6 is 0 Å². The van der Waals surface area contributed by atoms with Crippen LogP contribution in [0.2, 0.25) is 0 Å². The molecule has 4 aliphatic carbocycles. The molecule has 5 nitrogen and oxygen atoms in total. The third-order valence-corrected chi connectivity index (χ3v) is 8.69. The Morgan fingerprint density at radius 1 is 1.21 bits per heavy atom. The number of hydrogen-bond donors (Lipinski definition) is 2. The monoisotopic (exact) mass is 387 g/mol. The predicted molar refractivity (Wildman–Crippen MR) is 106 cm³/mol. The Hall–Kier alpha value is -1.62. The van der Waals surface area contributed by atoms with Gasteiger partial charge < -0.3 is 5.11 Å². The lowest BCUT2D eigenvalue weighted by atomic mass is 9.47. The Balaban J connectivity index is 1.51. The van der Waals surface area contributed by atoms with E-state index in [-0.39, 0.29) is 23.4 Å². The highest BCUT2D eigenvalue weighted by molar-refractivity contribution is 5.79. The van der Waals surface area contributed by atoms with Crippen LogP contribution in [0.3, 0.4) is 0 Å². The van der Waals surface area contributed by atoms with Crippen LogP contribution in [-0.2, 0) is 14.4 Å². The van der Waals surface area contributed by atoms with Gasteiger partial charge >= 0.3 is 5.97 Å². The van der Waals surface area contributed by atoms with Crippen molar-refractivity contribution in [2.24, 2.45) is 34.5 Å². The summed E-state index contributed by atoms with van der Waals surface area (Å²) >= 11 is 0. The molecule has 3 saturated carbocycles. The van der Waals surface area contributed by atoms with Gasteiger partial charge in [-0.15, -0.1) is 0 Å². The van der Waals surface area contributed by atoms with Crippen LogP contribution in [0.25, 0.3) is 0 Å². The minimum atomic E-state index is -0.979. The average Bonchev–Trinajstić information content (AvgIpc) is 2.99. The number of ketones is 1.